The Labute approximate surface area is 120 Å². The van der Waals surface area contributed by atoms with Crippen molar-refractivity contribution < 1.29 is 19.4 Å². The lowest BCUT2D eigenvalue weighted by molar-refractivity contribution is -0.152. The maximum absolute atomic E-state index is 11.8. The third-order valence-electron chi connectivity index (χ3n) is 3.15. The maximum atomic E-state index is 11.8. The molecule has 2 rings (SSSR count). The molecule has 0 aliphatic carbocycles. The number of rotatable bonds is 5. The Morgan fingerprint density at radius 3 is 3.00 bits per heavy atom. The standard InChI is InChI=1S/C12H18N4O5/c13-3-1-11(18)21-7-5-10(20-8(7)6-17)16-4-2-9(14)15-12(16)19/h2,4,7-8,10,17H,1,3,5-6,13H2,(H2,14,15,19)/t7-,8-,10-/m1/s1. The monoisotopic (exact) mass is 298 g/mol. The molecule has 3 atom stereocenters. The summed E-state index contributed by atoms with van der Waals surface area (Å²) in [4.78, 5) is 26.8. The van der Waals surface area contributed by atoms with Crippen LogP contribution in [0.3, 0.4) is 0 Å². The molecule has 116 valence electrons. The van der Waals surface area contributed by atoms with Gasteiger partial charge in [0, 0.05) is 19.2 Å². The van der Waals surface area contributed by atoms with Crippen LogP contribution in [-0.4, -0.2) is 46.0 Å². The number of anilines is 1. The Bertz CT molecular complexity index is 561. The first-order valence-corrected chi connectivity index (χ1v) is 6.55. The Morgan fingerprint density at radius 1 is 1.62 bits per heavy atom. The maximum Gasteiger partial charge on any atom is 0.351 e. The van der Waals surface area contributed by atoms with Crippen LogP contribution >= 0.6 is 0 Å². The molecular formula is C12H18N4O5. The van der Waals surface area contributed by atoms with Crippen molar-refractivity contribution in [3.05, 3.63) is 22.7 Å². The fourth-order valence-corrected chi connectivity index (χ4v) is 2.15. The number of nitrogens with zero attached hydrogens (tertiary/aromatic N) is 2. The number of aliphatic hydroxyl groups excluding tert-OH is 1. The van der Waals surface area contributed by atoms with E-state index in [1.165, 1.54) is 16.8 Å². The number of nitrogen functional groups attached to an aromatic ring is 1. The number of hydrogen-bond donors (Lipinski definition) is 3. The highest BCUT2D eigenvalue weighted by atomic mass is 16.6. The number of carbonyl (C=O) groups excluding carboxylic acids is 1. The third-order valence-corrected chi connectivity index (χ3v) is 3.15. The summed E-state index contributed by atoms with van der Waals surface area (Å²) in [5.41, 5.74) is 10.1. The van der Waals surface area contributed by atoms with Crippen molar-refractivity contribution >= 4 is 11.8 Å². The van der Waals surface area contributed by atoms with E-state index in [1.54, 1.807) is 0 Å². The summed E-state index contributed by atoms with van der Waals surface area (Å²) in [5.74, 6) is -0.355. The summed E-state index contributed by atoms with van der Waals surface area (Å²) >= 11 is 0. The topological polar surface area (TPSA) is 143 Å². The van der Waals surface area contributed by atoms with Gasteiger partial charge in [-0.2, -0.15) is 4.98 Å². The second-order valence-corrected chi connectivity index (χ2v) is 4.66. The molecule has 1 aromatic heterocycles. The van der Waals surface area contributed by atoms with Gasteiger partial charge in [0.05, 0.1) is 13.0 Å². The van der Waals surface area contributed by atoms with Gasteiger partial charge in [-0.3, -0.25) is 9.36 Å². The lowest BCUT2D eigenvalue weighted by atomic mass is 10.2. The van der Waals surface area contributed by atoms with E-state index < -0.39 is 30.1 Å². The van der Waals surface area contributed by atoms with E-state index in [-0.39, 0.29) is 31.8 Å². The molecule has 0 radical (unpaired) electrons. The van der Waals surface area contributed by atoms with Gasteiger partial charge in [0.15, 0.2) is 0 Å². The minimum Gasteiger partial charge on any atom is -0.459 e. The minimum absolute atomic E-state index is 0.0860. The van der Waals surface area contributed by atoms with Crippen LogP contribution in [0, 0.1) is 0 Å². The summed E-state index contributed by atoms with van der Waals surface area (Å²) in [6.07, 6.45) is -0.216. The van der Waals surface area contributed by atoms with Gasteiger partial charge in [-0.05, 0) is 6.07 Å². The van der Waals surface area contributed by atoms with Gasteiger partial charge >= 0.3 is 11.7 Å². The summed E-state index contributed by atoms with van der Waals surface area (Å²) in [7, 11) is 0. The van der Waals surface area contributed by atoms with Crippen LogP contribution in [-0.2, 0) is 14.3 Å². The molecule has 0 amide bonds. The smallest absolute Gasteiger partial charge is 0.351 e. The SMILES string of the molecule is NCCC(=O)O[C@@H]1C[C@H](n2ccc(N)nc2=O)O[C@@H]1CO. The molecule has 0 saturated carbocycles. The second-order valence-electron chi connectivity index (χ2n) is 4.66. The molecule has 9 heteroatoms. The predicted molar refractivity (Wildman–Crippen MR) is 72.1 cm³/mol. The molecule has 5 N–H and O–H groups in total. The van der Waals surface area contributed by atoms with E-state index in [2.05, 4.69) is 4.98 Å². The minimum atomic E-state index is -0.693. The summed E-state index contributed by atoms with van der Waals surface area (Å²) in [6.45, 7) is -0.144. The van der Waals surface area contributed by atoms with Gasteiger partial charge in [-0.1, -0.05) is 0 Å². The number of esters is 1. The van der Waals surface area contributed by atoms with Crippen LogP contribution in [0.1, 0.15) is 19.1 Å². The number of aliphatic hydroxyl groups is 1. The van der Waals surface area contributed by atoms with Gasteiger partial charge in [0.1, 0.15) is 24.3 Å². The largest absolute Gasteiger partial charge is 0.459 e. The summed E-state index contributed by atoms with van der Waals surface area (Å²) in [5, 5.41) is 9.29. The molecule has 1 fully saturated rings. The molecule has 1 aliphatic rings. The van der Waals surface area contributed by atoms with E-state index in [0.717, 1.165) is 0 Å². The first kappa shape index (κ1) is 15.4. The molecular weight excluding hydrogens is 280 g/mol. The first-order chi connectivity index (χ1) is 10.0. The van der Waals surface area contributed by atoms with Crippen LogP contribution in [0.2, 0.25) is 0 Å². The molecule has 1 aliphatic heterocycles. The van der Waals surface area contributed by atoms with E-state index in [9.17, 15) is 14.7 Å². The highest BCUT2D eigenvalue weighted by molar-refractivity contribution is 5.69. The Balaban J connectivity index is 2.10. The van der Waals surface area contributed by atoms with Crippen LogP contribution in [0.25, 0.3) is 0 Å². The van der Waals surface area contributed by atoms with Crippen molar-refractivity contribution in [2.24, 2.45) is 5.73 Å². The average molecular weight is 298 g/mol. The van der Waals surface area contributed by atoms with Crippen molar-refractivity contribution in [3.63, 3.8) is 0 Å². The van der Waals surface area contributed by atoms with Crippen molar-refractivity contribution in [2.75, 3.05) is 18.9 Å². The van der Waals surface area contributed by atoms with Gasteiger partial charge in [-0.15, -0.1) is 0 Å². The van der Waals surface area contributed by atoms with Crippen molar-refractivity contribution in [3.8, 4) is 0 Å². The van der Waals surface area contributed by atoms with Gasteiger partial charge in [-0.25, -0.2) is 4.79 Å². The first-order valence-electron chi connectivity index (χ1n) is 6.55. The number of hydrogen-bond acceptors (Lipinski definition) is 8. The zero-order chi connectivity index (χ0) is 15.4. The van der Waals surface area contributed by atoms with E-state index in [0.29, 0.717) is 0 Å². The fourth-order valence-electron chi connectivity index (χ4n) is 2.15. The molecule has 0 unspecified atom stereocenters. The molecule has 9 nitrogen and oxygen atoms in total. The second kappa shape index (κ2) is 6.66. The molecule has 21 heavy (non-hydrogen) atoms. The Kier molecular flexibility index (Phi) is 4.89. The Hall–Kier alpha value is -1.97. The van der Waals surface area contributed by atoms with Gasteiger partial charge in [0.2, 0.25) is 0 Å². The van der Waals surface area contributed by atoms with Crippen LogP contribution in [0.5, 0.6) is 0 Å². The van der Waals surface area contributed by atoms with Crippen LogP contribution in [0.4, 0.5) is 5.82 Å². The van der Waals surface area contributed by atoms with Crippen LogP contribution < -0.4 is 17.2 Å². The number of nitrogens with two attached hydrogens (primary N) is 2. The normalized spacial score (nSPS) is 25.0. The number of aromatic nitrogens is 2. The zero-order valence-corrected chi connectivity index (χ0v) is 11.3. The van der Waals surface area contributed by atoms with E-state index >= 15 is 0 Å². The fraction of sp³-hybridized carbons (Fsp3) is 0.583. The lowest BCUT2D eigenvalue weighted by Crippen LogP contribution is -2.30. The van der Waals surface area contributed by atoms with Crippen molar-refractivity contribution in [2.45, 2.75) is 31.3 Å². The van der Waals surface area contributed by atoms with Crippen molar-refractivity contribution in [1.82, 2.24) is 9.55 Å². The number of carbonyl (C=O) groups is 1. The van der Waals surface area contributed by atoms with Gasteiger partial charge in [0.25, 0.3) is 0 Å². The van der Waals surface area contributed by atoms with E-state index in [1.807, 2.05) is 0 Å². The Morgan fingerprint density at radius 2 is 2.38 bits per heavy atom. The van der Waals surface area contributed by atoms with E-state index in [4.69, 9.17) is 20.9 Å². The summed E-state index contributed by atoms with van der Waals surface area (Å²) < 4.78 is 12.0. The summed E-state index contributed by atoms with van der Waals surface area (Å²) in [6, 6.07) is 1.46. The third kappa shape index (κ3) is 3.57. The van der Waals surface area contributed by atoms with Crippen LogP contribution in [0.15, 0.2) is 17.1 Å². The molecule has 1 saturated heterocycles. The van der Waals surface area contributed by atoms with Crippen molar-refractivity contribution in [1.29, 1.82) is 0 Å². The number of ether oxygens (including phenoxy) is 2. The molecule has 2 heterocycles. The average Bonchev–Trinajstić information content (AvgIpc) is 2.81. The molecule has 0 spiro atoms. The highest BCUT2D eigenvalue weighted by Gasteiger charge is 2.38. The van der Waals surface area contributed by atoms with Gasteiger partial charge < -0.3 is 26.0 Å². The molecule has 0 aromatic carbocycles. The highest BCUT2D eigenvalue weighted by Crippen LogP contribution is 2.29. The zero-order valence-electron chi connectivity index (χ0n) is 11.3. The molecule has 1 aromatic rings. The predicted octanol–water partition coefficient (Wildman–Crippen LogP) is -1.63. The quantitative estimate of drug-likeness (QED) is 0.550. The lowest BCUT2D eigenvalue weighted by Gasteiger charge is -2.16. The molecule has 0 bridgehead atoms.